The molecule has 3 aromatic rings. The van der Waals surface area contributed by atoms with Crippen molar-refractivity contribution < 1.29 is 18.5 Å². The summed E-state index contributed by atoms with van der Waals surface area (Å²) in [7, 11) is 0. The Morgan fingerprint density at radius 3 is 2.89 bits per heavy atom. The number of ketones is 1. The van der Waals surface area contributed by atoms with Crippen molar-refractivity contribution in [2.24, 2.45) is 11.1 Å². The number of nitrogens with two attached hydrogens (primary N) is 1. The summed E-state index contributed by atoms with van der Waals surface area (Å²) in [6.07, 6.45) is 2.40. The summed E-state index contributed by atoms with van der Waals surface area (Å²) in [5, 5.41) is 25.4. The number of Topliss-reactive ketones (excluding diaryl/α,β-unsaturated/α-hetero) is 1. The Morgan fingerprint density at radius 1 is 1.41 bits per heavy atom. The molecule has 0 aromatic carbocycles. The SMILES string of the molecule is Cc1cc(NC(=O)CSc2nnc(N3C(N)=C(C#N)C(c4ccco4)C4=C3CC(C)(C)CC4=O)s2)no1. The van der Waals surface area contributed by atoms with E-state index < -0.39 is 5.92 Å². The minimum absolute atomic E-state index is 0.0585. The van der Waals surface area contributed by atoms with Gasteiger partial charge >= 0.3 is 0 Å². The first-order valence-corrected chi connectivity index (χ1v) is 13.2. The first kappa shape index (κ1) is 24.8. The van der Waals surface area contributed by atoms with Crippen LogP contribution < -0.4 is 16.0 Å². The van der Waals surface area contributed by atoms with Gasteiger partial charge in [-0.25, -0.2) is 0 Å². The molecule has 1 atom stereocenters. The molecule has 4 heterocycles. The lowest BCUT2D eigenvalue weighted by atomic mass is 9.69. The minimum atomic E-state index is -0.680. The van der Waals surface area contributed by atoms with Crippen molar-refractivity contribution >= 4 is 45.7 Å². The lowest BCUT2D eigenvalue weighted by molar-refractivity contribution is -0.118. The maximum Gasteiger partial charge on any atom is 0.236 e. The Morgan fingerprint density at radius 2 is 2.22 bits per heavy atom. The van der Waals surface area contributed by atoms with Crippen LogP contribution in [0.15, 0.2) is 60.4 Å². The highest BCUT2D eigenvalue weighted by Gasteiger charge is 2.46. The summed E-state index contributed by atoms with van der Waals surface area (Å²) in [5.74, 6) is 0.665. The fourth-order valence-electron chi connectivity index (χ4n) is 4.55. The molecule has 0 fully saturated rings. The van der Waals surface area contributed by atoms with E-state index in [1.165, 1.54) is 29.4 Å². The minimum Gasteiger partial charge on any atom is -0.468 e. The molecular formula is C24H23N7O4S2. The number of allylic oxidation sites excluding steroid dienone is 3. The Hall–Kier alpha value is -3.89. The van der Waals surface area contributed by atoms with Crippen LogP contribution in [0.3, 0.4) is 0 Å². The molecule has 190 valence electrons. The number of hydrogen-bond donors (Lipinski definition) is 2. The van der Waals surface area contributed by atoms with Gasteiger partial charge in [-0.3, -0.25) is 14.5 Å². The van der Waals surface area contributed by atoms with Gasteiger partial charge in [0.15, 0.2) is 15.9 Å². The number of thioether (sulfide) groups is 1. The van der Waals surface area contributed by atoms with E-state index in [1.54, 1.807) is 30.0 Å². The molecule has 5 rings (SSSR count). The average Bonchev–Trinajstić information content (AvgIpc) is 3.59. The van der Waals surface area contributed by atoms with Crippen molar-refractivity contribution in [2.75, 3.05) is 16.0 Å². The van der Waals surface area contributed by atoms with E-state index in [9.17, 15) is 14.9 Å². The zero-order chi connectivity index (χ0) is 26.3. The smallest absolute Gasteiger partial charge is 0.236 e. The van der Waals surface area contributed by atoms with Crippen molar-refractivity contribution in [3.8, 4) is 6.07 Å². The molecule has 1 amide bonds. The van der Waals surface area contributed by atoms with Gasteiger partial charge in [0.05, 0.1) is 29.6 Å². The van der Waals surface area contributed by atoms with Crippen LogP contribution in [0.2, 0.25) is 0 Å². The number of aryl methyl sites for hydroxylation is 1. The standard InChI is InChI=1S/C24H23N7O4S2/c1-12-7-17(30-35-12)27-18(33)11-36-23-29-28-22(37-23)31-14-8-24(2,3)9-15(32)20(14)19(13(10-25)21(31)26)16-5-4-6-34-16/h4-7,19H,8-9,11,26H2,1-3H3,(H,27,30,33). The van der Waals surface area contributed by atoms with Gasteiger partial charge in [-0.15, -0.1) is 10.2 Å². The number of amides is 1. The highest BCUT2D eigenvalue weighted by atomic mass is 32.2. The van der Waals surface area contributed by atoms with Gasteiger partial charge in [0.1, 0.15) is 17.3 Å². The number of nitrogens with one attached hydrogen (secondary N) is 1. The largest absolute Gasteiger partial charge is 0.468 e. The van der Waals surface area contributed by atoms with Crippen LogP contribution in [0.1, 0.15) is 44.1 Å². The van der Waals surface area contributed by atoms with Crippen molar-refractivity contribution in [1.82, 2.24) is 15.4 Å². The normalized spacial score (nSPS) is 19.1. The number of nitriles is 1. The van der Waals surface area contributed by atoms with E-state index in [2.05, 4.69) is 26.7 Å². The fourth-order valence-corrected chi connectivity index (χ4v) is 6.23. The molecular weight excluding hydrogens is 514 g/mol. The van der Waals surface area contributed by atoms with Crippen molar-refractivity contribution in [1.29, 1.82) is 5.26 Å². The molecule has 37 heavy (non-hydrogen) atoms. The fraction of sp³-hybridized carbons (Fsp3) is 0.333. The Kier molecular flexibility index (Phi) is 6.38. The first-order valence-electron chi connectivity index (χ1n) is 11.4. The van der Waals surface area contributed by atoms with E-state index in [-0.39, 0.29) is 34.3 Å². The third-order valence-corrected chi connectivity index (χ3v) is 8.06. The van der Waals surface area contributed by atoms with Crippen LogP contribution in [-0.2, 0) is 9.59 Å². The number of anilines is 2. The van der Waals surface area contributed by atoms with Crippen molar-refractivity contribution in [3.05, 3.63) is 58.6 Å². The predicted molar refractivity (Wildman–Crippen MR) is 136 cm³/mol. The second-order valence-corrected chi connectivity index (χ2v) is 11.7. The second-order valence-electron chi connectivity index (χ2n) is 9.51. The zero-order valence-electron chi connectivity index (χ0n) is 20.3. The molecule has 2 aliphatic rings. The molecule has 1 aliphatic heterocycles. The van der Waals surface area contributed by atoms with Gasteiger partial charge in [0.2, 0.25) is 11.0 Å². The molecule has 0 radical (unpaired) electrons. The number of carbonyl (C=O) groups is 2. The molecule has 3 aromatic heterocycles. The van der Waals surface area contributed by atoms with E-state index in [0.717, 1.165) is 0 Å². The second kappa shape index (κ2) is 9.53. The monoisotopic (exact) mass is 537 g/mol. The topological polar surface area (TPSA) is 164 Å². The summed E-state index contributed by atoms with van der Waals surface area (Å²) in [6, 6.07) is 7.28. The number of nitrogens with zero attached hydrogens (tertiary/aromatic N) is 5. The van der Waals surface area contributed by atoms with E-state index in [4.69, 9.17) is 14.7 Å². The Balaban J connectivity index is 1.45. The van der Waals surface area contributed by atoms with Crippen LogP contribution in [0, 0.1) is 23.7 Å². The third kappa shape index (κ3) is 4.77. The first-order chi connectivity index (χ1) is 17.7. The zero-order valence-corrected chi connectivity index (χ0v) is 21.9. The van der Waals surface area contributed by atoms with Gasteiger partial charge in [0, 0.05) is 23.8 Å². The molecule has 3 N–H and O–H groups in total. The van der Waals surface area contributed by atoms with Crippen LogP contribution in [0.25, 0.3) is 0 Å². The molecule has 13 heteroatoms. The number of furan rings is 1. The summed E-state index contributed by atoms with van der Waals surface area (Å²) in [4.78, 5) is 27.4. The number of carbonyl (C=O) groups excluding carboxylic acids is 2. The Labute approximate surface area is 220 Å². The quantitative estimate of drug-likeness (QED) is 0.435. The molecule has 0 saturated carbocycles. The molecule has 1 aliphatic carbocycles. The Bertz CT molecular complexity index is 1480. The van der Waals surface area contributed by atoms with E-state index in [1.807, 2.05) is 13.8 Å². The highest BCUT2D eigenvalue weighted by molar-refractivity contribution is 8.01. The molecule has 0 spiro atoms. The van der Waals surface area contributed by atoms with Crippen LogP contribution in [0.4, 0.5) is 10.9 Å². The number of rotatable bonds is 6. The molecule has 0 bridgehead atoms. The summed E-state index contributed by atoms with van der Waals surface area (Å²) < 4.78 is 11.1. The maximum absolute atomic E-state index is 13.4. The van der Waals surface area contributed by atoms with Gasteiger partial charge < -0.3 is 20.0 Å². The molecule has 11 nitrogen and oxygen atoms in total. The van der Waals surface area contributed by atoms with Crippen LogP contribution in [-0.4, -0.2) is 32.8 Å². The highest BCUT2D eigenvalue weighted by Crippen LogP contribution is 2.50. The van der Waals surface area contributed by atoms with Gasteiger partial charge in [-0.2, -0.15) is 5.26 Å². The van der Waals surface area contributed by atoms with Crippen LogP contribution in [0.5, 0.6) is 0 Å². The lowest BCUT2D eigenvalue weighted by Crippen LogP contribution is -2.42. The van der Waals surface area contributed by atoms with Crippen molar-refractivity contribution in [3.63, 3.8) is 0 Å². The number of hydrogen-bond acceptors (Lipinski definition) is 12. The third-order valence-electron chi connectivity index (χ3n) is 6.02. The predicted octanol–water partition coefficient (Wildman–Crippen LogP) is 4.10. The van der Waals surface area contributed by atoms with Gasteiger partial charge in [-0.1, -0.05) is 42.1 Å². The average molecular weight is 538 g/mol. The number of aromatic nitrogens is 3. The lowest BCUT2D eigenvalue weighted by Gasteiger charge is -2.42. The van der Waals surface area contributed by atoms with Crippen molar-refractivity contribution in [2.45, 2.75) is 43.9 Å². The van der Waals surface area contributed by atoms with Gasteiger partial charge in [-0.05, 0) is 30.9 Å². The summed E-state index contributed by atoms with van der Waals surface area (Å²) >= 11 is 2.43. The van der Waals surface area contributed by atoms with E-state index in [0.29, 0.717) is 50.9 Å². The summed E-state index contributed by atoms with van der Waals surface area (Å²) in [5.41, 5.74) is 7.65. The summed E-state index contributed by atoms with van der Waals surface area (Å²) in [6.45, 7) is 5.77. The molecule has 1 unspecified atom stereocenters. The van der Waals surface area contributed by atoms with Crippen LogP contribution >= 0.6 is 23.1 Å². The van der Waals surface area contributed by atoms with E-state index >= 15 is 0 Å². The van der Waals surface area contributed by atoms with Gasteiger partial charge in [0.25, 0.3) is 0 Å². The maximum atomic E-state index is 13.4. The molecule has 0 saturated heterocycles.